The van der Waals surface area contributed by atoms with E-state index in [4.69, 9.17) is 32.7 Å². The Labute approximate surface area is 185 Å². The average Bonchev–Trinajstić information content (AvgIpc) is 2.99. The SMILES string of the molecule is COc1cc(C=C2C(=O)N(C)c3ccccc32)ccc1OCc1ccc(Cl)cc1Cl. The highest BCUT2D eigenvalue weighted by molar-refractivity contribution is 6.36. The number of halogens is 2. The molecule has 0 unspecified atom stereocenters. The van der Waals surface area contributed by atoms with Gasteiger partial charge in [-0.3, -0.25) is 4.79 Å². The highest BCUT2D eigenvalue weighted by Gasteiger charge is 2.29. The zero-order chi connectivity index (χ0) is 21.3. The molecule has 0 atom stereocenters. The lowest BCUT2D eigenvalue weighted by molar-refractivity contribution is -0.112. The van der Waals surface area contributed by atoms with Gasteiger partial charge in [-0.15, -0.1) is 0 Å². The van der Waals surface area contributed by atoms with Crippen LogP contribution in [0.3, 0.4) is 0 Å². The van der Waals surface area contributed by atoms with Crippen molar-refractivity contribution in [3.05, 3.63) is 87.4 Å². The second kappa shape index (κ2) is 8.42. The number of carbonyl (C=O) groups excluding carboxylic acids is 1. The summed E-state index contributed by atoms with van der Waals surface area (Å²) in [7, 11) is 3.36. The molecule has 0 saturated heterocycles. The van der Waals surface area contributed by atoms with Crippen molar-refractivity contribution >= 4 is 46.4 Å². The first-order valence-electron chi connectivity index (χ1n) is 9.32. The Morgan fingerprint density at radius 1 is 1.00 bits per heavy atom. The molecule has 6 heteroatoms. The smallest absolute Gasteiger partial charge is 0.258 e. The molecule has 0 radical (unpaired) electrons. The van der Waals surface area contributed by atoms with E-state index in [0.29, 0.717) is 27.1 Å². The van der Waals surface area contributed by atoms with Crippen LogP contribution in [0.5, 0.6) is 11.5 Å². The van der Waals surface area contributed by atoms with Crippen molar-refractivity contribution in [2.24, 2.45) is 0 Å². The Kier molecular flexibility index (Phi) is 5.71. The summed E-state index contributed by atoms with van der Waals surface area (Å²) in [6.45, 7) is 0.281. The monoisotopic (exact) mass is 439 g/mol. The van der Waals surface area contributed by atoms with E-state index in [1.807, 2.05) is 54.6 Å². The zero-order valence-corrected chi connectivity index (χ0v) is 18.0. The van der Waals surface area contributed by atoms with Crippen molar-refractivity contribution in [2.45, 2.75) is 6.61 Å². The molecule has 0 aliphatic carbocycles. The molecular formula is C24H19Cl2NO3. The molecule has 1 aliphatic rings. The molecule has 3 aromatic rings. The quantitative estimate of drug-likeness (QED) is 0.450. The number of ether oxygens (including phenoxy) is 2. The van der Waals surface area contributed by atoms with Gasteiger partial charge in [0.15, 0.2) is 11.5 Å². The first kappa shape index (κ1) is 20.3. The molecule has 30 heavy (non-hydrogen) atoms. The van der Waals surface area contributed by atoms with E-state index in [9.17, 15) is 4.79 Å². The number of para-hydroxylation sites is 1. The van der Waals surface area contributed by atoms with Crippen LogP contribution in [0.25, 0.3) is 11.6 Å². The van der Waals surface area contributed by atoms with E-state index in [1.54, 1.807) is 31.2 Å². The number of benzene rings is 3. The van der Waals surface area contributed by atoms with Gasteiger partial charge in [-0.05, 0) is 42.0 Å². The number of hydrogen-bond donors (Lipinski definition) is 0. The van der Waals surface area contributed by atoms with Gasteiger partial charge in [0.1, 0.15) is 6.61 Å². The topological polar surface area (TPSA) is 38.8 Å². The maximum absolute atomic E-state index is 12.7. The lowest BCUT2D eigenvalue weighted by Gasteiger charge is -2.12. The number of likely N-dealkylation sites (N-methyl/N-ethyl adjacent to an activating group) is 1. The Morgan fingerprint density at radius 3 is 2.57 bits per heavy atom. The molecule has 1 heterocycles. The largest absolute Gasteiger partial charge is 0.493 e. The maximum Gasteiger partial charge on any atom is 0.258 e. The second-order valence-corrected chi connectivity index (χ2v) is 7.72. The highest BCUT2D eigenvalue weighted by atomic mass is 35.5. The third-order valence-electron chi connectivity index (χ3n) is 4.99. The number of rotatable bonds is 5. The Balaban J connectivity index is 1.60. The Bertz CT molecular complexity index is 1160. The van der Waals surface area contributed by atoms with Crippen molar-refractivity contribution in [3.63, 3.8) is 0 Å². The molecule has 0 bridgehead atoms. The molecule has 3 aromatic carbocycles. The fraction of sp³-hybridized carbons (Fsp3) is 0.125. The first-order valence-corrected chi connectivity index (χ1v) is 10.1. The summed E-state index contributed by atoms with van der Waals surface area (Å²) in [5, 5.41) is 1.12. The number of hydrogen-bond acceptors (Lipinski definition) is 3. The van der Waals surface area contributed by atoms with Gasteiger partial charge in [0.05, 0.1) is 12.8 Å². The van der Waals surface area contributed by atoms with Gasteiger partial charge in [-0.1, -0.05) is 53.5 Å². The average molecular weight is 440 g/mol. The van der Waals surface area contributed by atoms with E-state index in [-0.39, 0.29) is 12.5 Å². The Morgan fingerprint density at radius 2 is 1.80 bits per heavy atom. The molecule has 0 fully saturated rings. The van der Waals surface area contributed by atoms with Crippen molar-refractivity contribution < 1.29 is 14.3 Å². The van der Waals surface area contributed by atoms with Crippen LogP contribution < -0.4 is 14.4 Å². The van der Waals surface area contributed by atoms with Gasteiger partial charge in [0.2, 0.25) is 0 Å². The molecule has 1 aliphatic heterocycles. The number of nitrogens with zero attached hydrogens (tertiary/aromatic N) is 1. The van der Waals surface area contributed by atoms with Crippen LogP contribution in [0.2, 0.25) is 10.0 Å². The van der Waals surface area contributed by atoms with Gasteiger partial charge in [-0.25, -0.2) is 0 Å². The molecule has 0 saturated carbocycles. The molecule has 1 amide bonds. The van der Waals surface area contributed by atoms with Crippen LogP contribution >= 0.6 is 23.2 Å². The normalized spacial score (nSPS) is 14.2. The van der Waals surface area contributed by atoms with Gasteiger partial charge < -0.3 is 14.4 Å². The van der Waals surface area contributed by atoms with Gasteiger partial charge in [-0.2, -0.15) is 0 Å². The van der Waals surface area contributed by atoms with Crippen LogP contribution in [-0.2, 0) is 11.4 Å². The van der Waals surface area contributed by atoms with E-state index in [0.717, 1.165) is 22.4 Å². The minimum atomic E-state index is -0.0344. The van der Waals surface area contributed by atoms with Crippen molar-refractivity contribution in [3.8, 4) is 11.5 Å². The lowest BCUT2D eigenvalue weighted by Crippen LogP contribution is -2.20. The minimum Gasteiger partial charge on any atom is -0.493 e. The van der Waals surface area contributed by atoms with Crippen LogP contribution in [-0.4, -0.2) is 20.1 Å². The molecule has 152 valence electrons. The van der Waals surface area contributed by atoms with Crippen LogP contribution in [0, 0.1) is 0 Å². The van der Waals surface area contributed by atoms with Crippen LogP contribution in [0.1, 0.15) is 16.7 Å². The molecule has 0 aromatic heterocycles. The van der Waals surface area contributed by atoms with E-state index < -0.39 is 0 Å². The van der Waals surface area contributed by atoms with Crippen molar-refractivity contribution in [1.29, 1.82) is 0 Å². The fourth-order valence-electron chi connectivity index (χ4n) is 3.39. The molecule has 4 rings (SSSR count). The third kappa shape index (κ3) is 3.89. The number of fused-ring (bicyclic) bond motifs is 1. The summed E-state index contributed by atoms with van der Waals surface area (Å²) >= 11 is 12.2. The fourth-order valence-corrected chi connectivity index (χ4v) is 3.86. The van der Waals surface area contributed by atoms with Crippen molar-refractivity contribution in [1.82, 2.24) is 0 Å². The summed E-state index contributed by atoms with van der Waals surface area (Å²) in [6.07, 6.45) is 1.87. The standard InChI is InChI=1S/C24H19Cl2NO3/c1-27-21-6-4-3-5-18(21)19(24(27)28)11-15-7-10-22(23(12-15)29-2)30-14-16-8-9-17(25)13-20(16)26/h3-13H,14H2,1-2H3. The van der Waals surface area contributed by atoms with Gasteiger partial charge in [0.25, 0.3) is 5.91 Å². The van der Waals surface area contributed by atoms with Gasteiger partial charge >= 0.3 is 0 Å². The third-order valence-corrected chi connectivity index (χ3v) is 5.57. The predicted octanol–water partition coefficient (Wildman–Crippen LogP) is 6.10. The molecule has 4 nitrogen and oxygen atoms in total. The zero-order valence-electron chi connectivity index (χ0n) is 16.5. The molecule has 0 N–H and O–H groups in total. The number of amides is 1. The molecule has 0 spiro atoms. The number of anilines is 1. The summed E-state index contributed by atoms with van der Waals surface area (Å²) in [4.78, 5) is 14.3. The summed E-state index contributed by atoms with van der Waals surface area (Å²) in [5.74, 6) is 1.12. The maximum atomic E-state index is 12.7. The van der Waals surface area contributed by atoms with E-state index in [2.05, 4.69) is 0 Å². The van der Waals surface area contributed by atoms with Crippen molar-refractivity contribution in [2.75, 3.05) is 19.1 Å². The predicted molar refractivity (Wildman–Crippen MR) is 122 cm³/mol. The number of carbonyl (C=O) groups is 1. The summed E-state index contributed by atoms with van der Waals surface area (Å²) < 4.78 is 11.4. The molecular weight excluding hydrogens is 421 g/mol. The highest BCUT2D eigenvalue weighted by Crippen LogP contribution is 2.37. The van der Waals surface area contributed by atoms with Crippen LogP contribution in [0.4, 0.5) is 5.69 Å². The minimum absolute atomic E-state index is 0.0344. The van der Waals surface area contributed by atoms with E-state index in [1.165, 1.54) is 0 Å². The van der Waals surface area contributed by atoms with Gasteiger partial charge in [0, 0.05) is 33.8 Å². The first-order chi connectivity index (χ1) is 14.5. The Hall–Kier alpha value is -2.95. The second-order valence-electron chi connectivity index (χ2n) is 6.87. The number of methoxy groups -OCH3 is 1. The van der Waals surface area contributed by atoms with E-state index >= 15 is 0 Å². The lowest BCUT2D eigenvalue weighted by atomic mass is 10.0. The summed E-state index contributed by atoms with van der Waals surface area (Å²) in [5.41, 5.74) is 4.14. The van der Waals surface area contributed by atoms with Crippen LogP contribution in [0.15, 0.2) is 60.7 Å². The summed E-state index contributed by atoms with van der Waals surface area (Å²) in [6, 6.07) is 18.6.